The molecule has 1 amide bonds. The number of Topliss-reactive ketones (excluding diaryl/α,β-unsaturated/α-hetero) is 1. The molecular weight excluding hydrogens is 361 g/mol. The molecule has 0 aliphatic carbocycles. The van der Waals surface area contributed by atoms with Crippen LogP contribution in [-0.2, 0) is 16.1 Å². The van der Waals surface area contributed by atoms with Crippen molar-refractivity contribution in [3.8, 4) is 0 Å². The molecule has 2 aromatic carbocycles. The molecule has 2 fully saturated rings. The molecule has 2 aliphatic rings. The highest BCUT2D eigenvalue weighted by atomic mass is 19.1. The second-order valence-corrected chi connectivity index (χ2v) is 7.34. The second-order valence-electron chi connectivity index (χ2n) is 7.34. The van der Waals surface area contributed by atoms with Crippen molar-refractivity contribution in [3.05, 3.63) is 71.5 Å². The molecule has 2 heterocycles. The summed E-state index contributed by atoms with van der Waals surface area (Å²) in [4.78, 5) is 27.2. The number of fused-ring (bicyclic) bond motifs is 2. The first-order valence-corrected chi connectivity index (χ1v) is 9.48. The predicted octanol–water partition coefficient (Wildman–Crippen LogP) is 3.82. The van der Waals surface area contributed by atoms with Crippen LogP contribution in [-0.4, -0.2) is 42.1 Å². The van der Waals surface area contributed by atoms with Gasteiger partial charge >= 0.3 is 6.09 Å². The quantitative estimate of drug-likeness (QED) is 0.753. The van der Waals surface area contributed by atoms with Crippen LogP contribution in [0, 0.1) is 11.7 Å². The number of carbonyl (C=O) groups is 2. The summed E-state index contributed by atoms with van der Waals surface area (Å²) < 4.78 is 24.6. The van der Waals surface area contributed by atoms with E-state index in [0.29, 0.717) is 31.6 Å². The number of nitrogens with zero attached hydrogens (tertiary/aromatic N) is 1. The number of morpholine rings is 1. The first kappa shape index (κ1) is 18.6. The summed E-state index contributed by atoms with van der Waals surface area (Å²) in [5, 5.41) is 0. The first-order valence-electron chi connectivity index (χ1n) is 9.48. The molecule has 4 rings (SSSR count). The topological polar surface area (TPSA) is 55.8 Å². The maximum atomic E-state index is 13.5. The molecule has 2 bridgehead atoms. The van der Waals surface area contributed by atoms with Crippen molar-refractivity contribution in [2.45, 2.75) is 31.5 Å². The Hall–Kier alpha value is -2.73. The third-order valence-corrected chi connectivity index (χ3v) is 5.42. The van der Waals surface area contributed by atoms with Crippen molar-refractivity contribution in [1.29, 1.82) is 0 Å². The van der Waals surface area contributed by atoms with Crippen LogP contribution >= 0.6 is 0 Å². The highest BCUT2D eigenvalue weighted by Gasteiger charge is 2.44. The molecule has 2 atom stereocenters. The maximum Gasteiger partial charge on any atom is 0.410 e. The van der Waals surface area contributed by atoms with Crippen molar-refractivity contribution < 1.29 is 23.5 Å². The fraction of sp³-hybridized carbons (Fsp3) is 0.364. The Morgan fingerprint density at radius 1 is 1.04 bits per heavy atom. The normalized spacial score (nSPS) is 23.9. The van der Waals surface area contributed by atoms with E-state index >= 15 is 0 Å². The van der Waals surface area contributed by atoms with E-state index < -0.39 is 5.82 Å². The van der Waals surface area contributed by atoms with Gasteiger partial charge in [0.25, 0.3) is 0 Å². The largest absolute Gasteiger partial charge is 0.445 e. The number of piperidine rings is 1. The first-order chi connectivity index (χ1) is 13.6. The smallest absolute Gasteiger partial charge is 0.410 e. The fourth-order valence-corrected chi connectivity index (χ4v) is 4.10. The Labute approximate surface area is 163 Å². The molecular formula is C22H22FNO4. The molecule has 0 spiro atoms. The minimum Gasteiger partial charge on any atom is -0.445 e. The third-order valence-electron chi connectivity index (χ3n) is 5.42. The van der Waals surface area contributed by atoms with Gasteiger partial charge in [0.05, 0.1) is 25.3 Å². The minimum absolute atomic E-state index is 0.0753. The van der Waals surface area contributed by atoms with E-state index in [4.69, 9.17) is 9.47 Å². The minimum atomic E-state index is -0.420. The second kappa shape index (κ2) is 8.10. The molecule has 6 heteroatoms. The van der Waals surface area contributed by atoms with Gasteiger partial charge in [0.2, 0.25) is 0 Å². The summed E-state index contributed by atoms with van der Waals surface area (Å²) in [5.74, 6) is -0.746. The van der Waals surface area contributed by atoms with Crippen molar-refractivity contribution in [1.82, 2.24) is 4.90 Å². The lowest BCUT2D eigenvalue weighted by Crippen LogP contribution is -2.59. The SMILES string of the molecule is O=C(c1cccc(F)c1)C1CC2COCC(C1)N2C(=O)OCc1ccccc1. The van der Waals surface area contributed by atoms with Gasteiger partial charge in [-0.15, -0.1) is 0 Å². The van der Waals surface area contributed by atoms with E-state index in [-0.39, 0.29) is 36.5 Å². The van der Waals surface area contributed by atoms with Gasteiger partial charge in [0.15, 0.2) is 5.78 Å². The standard InChI is InChI=1S/C22H22FNO4/c23-18-8-4-7-16(9-18)21(25)17-10-19-13-27-14-20(11-17)24(19)22(26)28-12-15-5-2-1-3-6-15/h1-9,17,19-20H,10-14H2. The van der Waals surface area contributed by atoms with Crippen molar-refractivity contribution in [3.63, 3.8) is 0 Å². The average Bonchev–Trinajstić information content (AvgIpc) is 2.71. The summed E-state index contributed by atoms with van der Waals surface area (Å²) in [6.07, 6.45) is 0.609. The van der Waals surface area contributed by atoms with Crippen LogP contribution in [0.3, 0.4) is 0 Å². The molecule has 5 nitrogen and oxygen atoms in total. The number of benzene rings is 2. The number of ether oxygens (including phenoxy) is 2. The van der Waals surface area contributed by atoms with Gasteiger partial charge in [-0.05, 0) is 30.5 Å². The number of hydrogen-bond acceptors (Lipinski definition) is 4. The predicted molar refractivity (Wildman–Crippen MR) is 100 cm³/mol. The number of ketones is 1. The van der Waals surface area contributed by atoms with E-state index in [1.165, 1.54) is 12.1 Å². The number of hydrogen-bond donors (Lipinski definition) is 0. The fourth-order valence-electron chi connectivity index (χ4n) is 4.10. The zero-order valence-electron chi connectivity index (χ0n) is 15.4. The molecule has 2 unspecified atom stereocenters. The Morgan fingerprint density at radius 2 is 1.75 bits per heavy atom. The molecule has 0 aromatic heterocycles. The van der Waals surface area contributed by atoms with Gasteiger partial charge in [0.1, 0.15) is 12.4 Å². The van der Waals surface area contributed by atoms with Crippen LogP contribution in [0.25, 0.3) is 0 Å². The van der Waals surface area contributed by atoms with Crippen LogP contribution in [0.4, 0.5) is 9.18 Å². The number of halogens is 1. The summed E-state index contributed by atoms with van der Waals surface area (Å²) in [7, 11) is 0. The number of rotatable bonds is 4. The molecule has 0 radical (unpaired) electrons. The van der Waals surface area contributed by atoms with Crippen LogP contribution in [0.2, 0.25) is 0 Å². The Bertz CT molecular complexity index is 843. The lowest BCUT2D eigenvalue weighted by atomic mass is 9.81. The highest BCUT2D eigenvalue weighted by molar-refractivity contribution is 5.98. The van der Waals surface area contributed by atoms with Crippen molar-refractivity contribution in [2.24, 2.45) is 5.92 Å². The third kappa shape index (κ3) is 3.92. The number of carbonyl (C=O) groups excluding carboxylic acids is 2. The Kier molecular flexibility index (Phi) is 5.39. The lowest BCUT2D eigenvalue weighted by Gasteiger charge is -2.47. The molecule has 2 saturated heterocycles. The van der Waals surface area contributed by atoms with Crippen LogP contribution in [0.5, 0.6) is 0 Å². The summed E-state index contributed by atoms with van der Waals surface area (Å²) in [5.41, 5.74) is 1.30. The molecule has 28 heavy (non-hydrogen) atoms. The van der Waals surface area contributed by atoms with E-state index in [1.807, 2.05) is 30.3 Å². The van der Waals surface area contributed by atoms with Gasteiger partial charge in [0, 0.05) is 11.5 Å². The average molecular weight is 383 g/mol. The molecule has 2 aliphatic heterocycles. The van der Waals surface area contributed by atoms with E-state index in [0.717, 1.165) is 5.56 Å². The molecule has 0 saturated carbocycles. The summed E-state index contributed by atoms with van der Waals surface area (Å²) >= 11 is 0. The number of amides is 1. The van der Waals surface area contributed by atoms with Crippen LogP contribution < -0.4 is 0 Å². The summed E-state index contributed by atoms with van der Waals surface area (Å²) in [6, 6.07) is 14.9. The lowest BCUT2D eigenvalue weighted by molar-refractivity contribution is -0.0755. The zero-order chi connectivity index (χ0) is 19.5. The van der Waals surface area contributed by atoms with Crippen molar-refractivity contribution >= 4 is 11.9 Å². The van der Waals surface area contributed by atoms with Gasteiger partial charge in [-0.3, -0.25) is 9.69 Å². The molecule has 2 aromatic rings. The summed E-state index contributed by atoms with van der Waals surface area (Å²) in [6.45, 7) is 0.968. The van der Waals surface area contributed by atoms with Crippen LogP contribution in [0.15, 0.2) is 54.6 Å². The highest BCUT2D eigenvalue weighted by Crippen LogP contribution is 2.34. The van der Waals surface area contributed by atoms with E-state index in [2.05, 4.69) is 0 Å². The van der Waals surface area contributed by atoms with Gasteiger partial charge in [-0.2, -0.15) is 0 Å². The Morgan fingerprint density at radius 3 is 2.43 bits per heavy atom. The van der Waals surface area contributed by atoms with E-state index in [1.54, 1.807) is 17.0 Å². The monoisotopic (exact) mass is 383 g/mol. The van der Waals surface area contributed by atoms with E-state index in [9.17, 15) is 14.0 Å². The molecule has 0 N–H and O–H groups in total. The maximum absolute atomic E-state index is 13.5. The molecule has 146 valence electrons. The van der Waals surface area contributed by atoms with Gasteiger partial charge in [-0.25, -0.2) is 9.18 Å². The van der Waals surface area contributed by atoms with Crippen molar-refractivity contribution in [2.75, 3.05) is 13.2 Å². The van der Waals surface area contributed by atoms with Gasteiger partial charge in [-0.1, -0.05) is 42.5 Å². The zero-order valence-corrected chi connectivity index (χ0v) is 15.4. The Balaban J connectivity index is 1.43. The van der Waals surface area contributed by atoms with Gasteiger partial charge < -0.3 is 9.47 Å². The van der Waals surface area contributed by atoms with Crippen LogP contribution in [0.1, 0.15) is 28.8 Å².